The first kappa shape index (κ1) is 22.3. The van der Waals surface area contributed by atoms with E-state index in [4.69, 9.17) is 0 Å². The highest BCUT2D eigenvalue weighted by molar-refractivity contribution is 5.58. The predicted octanol–water partition coefficient (Wildman–Crippen LogP) is 7.82. The number of nitrogens with zero attached hydrogens (tertiary/aromatic N) is 1. The molecule has 1 nitrogen and oxygen atoms in total. The zero-order chi connectivity index (χ0) is 20.8. The molecule has 0 radical (unpaired) electrons. The van der Waals surface area contributed by atoms with Crippen molar-refractivity contribution in [2.75, 3.05) is 18.0 Å². The molecule has 0 bridgehead atoms. The highest BCUT2D eigenvalue weighted by atomic mass is 15.1. The van der Waals surface area contributed by atoms with Crippen LogP contribution in [0.1, 0.15) is 66.9 Å². The number of benzene rings is 1. The Morgan fingerprint density at radius 2 is 1.61 bits per heavy atom. The third-order valence-corrected chi connectivity index (χ3v) is 5.15. The van der Waals surface area contributed by atoms with E-state index in [9.17, 15) is 0 Å². The summed E-state index contributed by atoms with van der Waals surface area (Å²) >= 11 is 0. The van der Waals surface area contributed by atoms with E-state index in [1.807, 2.05) is 0 Å². The van der Waals surface area contributed by atoms with Crippen LogP contribution in [0.5, 0.6) is 0 Å². The molecule has 0 amide bonds. The van der Waals surface area contributed by atoms with E-state index in [1.165, 1.54) is 22.4 Å². The van der Waals surface area contributed by atoms with Crippen molar-refractivity contribution in [2.24, 2.45) is 10.8 Å². The van der Waals surface area contributed by atoms with Gasteiger partial charge in [0.05, 0.1) is 0 Å². The van der Waals surface area contributed by atoms with Gasteiger partial charge in [-0.25, -0.2) is 0 Å². The molecule has 152 valence electrons. The van der Waals surface area contributed by atoms with Crippen molar-refractivity contribution in [3.05, 3.63) is 71.4 Å². The number of hydrogen-bond donors (Lipinski definition) is 0. The number of hydrogen-bond acceptors (Lipinski definition) is 1. The summed E-state index contributed by atoms with van der Waals surface area (Å²) in [6, 6.07) is 8.91. The molecule has 0 N–H and O–H groups in total. The smallest absolute Gasteiger partial charge is 0.0366 e. The second kappa shape index (κ2) is 9.45. The first-order valence-corrected chi connectivity index (χ1v) is 10.7. The molecule has 0 unspecified atom stereocenters. The molecule has 0 saturated heterocycles. The topological polar surface area (TPSA) is 3.24 Å². The molecule has 1 aliphatic rings. The highest BCUT2D eigenvalue weighted by Crippen LogP contribution is 2.38. The van der Waals surface area contributed by atoms with Gasteiger partial charge in [0.1, 0.15) is 0 Å². The van der Waals surface area contributed by atoms with Crippen molar-refractivity contribution < 1.29 is 0 Å². The van der Waals surface area contributed by atoms with Gasteiger partial charge in [-0.2, -0.15) is 0 Å². The Kier molecular flexibility index (Phi) is 7.52. The zero-order valence-electron chi connectivity index (χ0n) is 19.0. The number of allylic oxidation sites excluding steroid dienone is 7. The molecular weight excluding hydrogens is 338 g/mol. The normalized spacial score (nSPS) is 18.8. The lowest BCUT2D eigenvalue weighted by Crippen LogP contribution is -2.21. The Bertz CT molecular complexity index is 744. The average molecular weight is 378 g/mol. The van der Waals surface area contributed by atoms with Crippen LogP contribution in [0, 0.1) is 10.8 Å². The second-order valence-electron chi connectivity index (χ2n) is 9.80. The van der Waals surface area contributed by atoms with Crippen LogP contribution in [0.4, 0.5) is 5.69 Å². The number of anilines is 1. The average Bonchev–Trinajstić information content (AvgIpc) is 2.60. The van der Waals surface area contributed by atoms with Gasteiger partial charge < -0.3 is 4.90 Å². The van der Waals surface area contributed by atoms with Crippen LogP contribution in [0.2, 0.25) is 0 Å². The third-order valence-electron chi connectivity index (χ3n) is 5.15. The van der Waals surface area contributed by atoms with Crippen LogP contribution >= 0.6 is 0 Å². The lowest BCUT2D eigenvalue weighted by atomic mass is 9.75. The predicted molar refractivity (Wildman–Crippen MR) is 127 cm³/mol. The SMILES string of the molecule is CCN(CC)c1ccc(/C=C/C2=CC(=C/C=C/C(C)(C)C)/CC(C)(C)C2)cc1. The van der Waals surface area contributed by atoms with Crippen molar-refractivity contribution in [3.8, 4) is 0 Å². The van der Waals surface area contributed by atoms with Crippen molar-refractivity contribution in [1.29, 1.82) is 0 Å². The summed E-state index contributed by atoms with van der Waals surface area (Å²) < 4.78 is 0. The lowest BCUT2D eigenvalue weighted by Gasteiger charge is -2.30. The quantitative estimate of drug-likeness (QED) is 0.488. The Balaban J connectivity index is 2.16. The molecule has 28 heavy (non-hydrogen) atoms. The molecule has 0 aromatic heterocycles. The molecule has 0 heterocycles. The van der Waals surface area contributed by atoms with Crippen molar-refractivity contribution >= 4 is 11.8 Å². The summed E-state index contributed by atoms with van der Waals surface area (Å²) in [7, 11) is 0. The molecule has 1 aliphatic carbocycles. The van der Waals surface area contributed by atoms with Gasteiger partial charge in [0.15, 0.2) is 0 Å². The summed E-state index contributed by atoms with van der Waals surface area (Å²) in [5.74, 6) is 0. The molecule has 1 aromatic rings. The maximum absolute atomic E-state index is 2.38. The fourth-order valence-electron chi connectivity index (χ4n) is 3.77. The van der Waals surface area contributed by atoms with Crippen LogP contribution in [0.15, 0.2) is 65.8 Å². The second-order valence-corrected chi connectivity index (χ2v) is 9.80. The molecule has 1 aromatic carbocycles. The summed E-state index contributed by atoms with van der Waals surface area (Å²) in [5, 5.41) is 0. The van der Waals surface area contributed by atoms with Crippen molar-refractivity contribution in [1.82, 2.24) is 0 Å². The molecule has 2 rings (SSSR count). The first-order valence-electron chi connectivity index (χ1n) is 10.7. The van der Waals surface area contributed by atoms with E-state index >= 15 is 0 Å². The van der Waals surface area contributed by atoms with E-state index in [1.54, 1.807) is 0 Å². The third kappa shape index (κ3) is 7.19. The largest absolute Gasteiger partial charge is 0.372 e. The minimum atomic E-state index is 0.227. The van der Waals surface area contributed by atoms with Gasteiger partial charge in [-0.05, 0) is 66.4 Å². The van der Waals surface area contributed by atoms with Gasteiger partial charge in [0.2, 0.25) is 0 Å². The molecule has 0 fully saturated rings. The molecule has 0 saturated carbocycles. The summed E-state index contributed by atoms with van der Waals surface area (Å²) in [6.07, 6.45) is 16.0. The Hall–Kier alpha value is -2.02. The van der Waals surface area contributed by atoms with E-state index in [2.05, 4.69) is 114 Å². The van der Waals surface area contributed by atoms with Gasteiger partial charge in [-0.15, -0.1) is 0 Å². The maximum Gasteiger partial charge on any atom is 0.0366 e. The van der Waals surface area contributed by atoms with Gasteiger partial charge >= 0.3 is 0 Å². The lowest BCUT2D eigenvalue weighted by molar-refractivity contribution is 0.355. The monoisotopic (exact) mass is 377 g/mol. The Labute approximate surface area is 173 Å². The minimum Gasteiger partial charge on any atom is -0.372 e. The molecule has 0 spiro atoms. The van der Waals surface area contributed by atoms with Gasteiger partial charge in [-0.3, -0.25) is 0 Å². The van der Waals surface area contributed by atoms with Crippen LogP contribution in [0.25, 0.3) is 6.08 Å². The van der Waals surface area contributed by atoms with Gasteiger partial charge in [0, 0.05) is 18.8 Å². The highest BCUT2D eigenvalue weighted by Gasteiger charge is 2.24. The van der Waals surface area contributed by atoms with Crippen molar-refractivity contribution in [3.63, 3.8) is 0 Å². The van der Waals surface area contributed by atoms with E-state index in [0.717, 1.165) is 25.9 Å². The van der Waals surface area contributed by atoms with Gasteiger partial charge in [0.25, 0.3) is 0 Å². The Morgan fingerprint density at radius 3 is 2.18 bits per heavy atom. The molecular formula is C27H39N. The van der Waals surface area contributed by atoms with Crippen LogP contribution in [0.3, 0.4) is 0 Å². The summed E-state index contributed by atoms with van der Waals surface area (Å²) in [5.41, 5.74) is 5.94. The fourth-order valence-corrected chi connectivity index (χ4v) is 3.77. The van der Waals surface area contributed by atoms with Crippen LogP contribution < -0.4 is 4.90 Å². The fraction of sp³-hybridized carbons (Fsp3) is 0.481. The van der Waals surface area contributed by atoms with E-state index in [0.29, 0.717) is 5.41 Å². The summed E-state index contributed by atoms with van der Waals surface area (Å²) in [6.45, 7) is 18.0. The van der Waals surface area contributed by atoms with E-state index < -0.39 is 0 Å². The maximum atomic E-state index is 2.38. The van der Waals surface area contributed by atoms with E-state index in [-0.39, 0.29) is 5.41 Å². The minimum absolute atomic E-state index is 0.227. The molecule has 1 heteroatoms. The first-order chi connectivity index (χ1) is 13.1. The molecule has 0 aliphatic heterocycles. The van der Waals surface area contributed by atoms with Crippen molar-refractivity contribution in [2.45, 2.75) is 61.3 Å². The number of rotatable bonds is 6. The zero-order valence-corrected chi connectivity index (χ0v) is 19.0. The van der Waals surface area contributed by atoms with Crippen LogP contribution in [-0.4, -0.2) is 13.1 Å². The van der Waals surface area contributed by atoms with Gasteiger partial charge in [-0.1, -0.05) is 83.2 Å². The summed E-state index contributed by atoms with van der Waals surface area (Å²) in [4.78, 5) is 2.38. The van der Waals surface area contributed by atoms with Crippen LogP contribution in [-0.2, 0) is 0 Å². The standard InChI is InChI=1S/C27H39N/c1-8-28(9-2)25-16-14-22(15-17-25)12-13-24-19-23(20-27(6,7)21-24)11-10-18-26(3,4)5/h10-19H,8-9,20-21H2,1-7H3/b13-12+,18-10+,23-11-. The Morgan fingerprint density at radius 1 is 0.964 bits per heavy atom. The molecule has 0 atom stereocenters.